The third-order valence-corrected chi connectivity index (χ3v) is 3.68. The predicted octanol–water partition coefficient (Wildman–Crippen LogP) is 2.19. The van der Waals surface area contributed by atoms with Crippen molar-refractivity contribution in [3.8, 4) is 5.75 Å². The first kappa shape index (κ1) is 14.7. The SMILES string of the molecule is CCC(CSC)N(C)C(=O)c1cc(O)ccc1N. The average Bonchev–Trinajstić information content (AvgIpc) is 2.37. The number of phenolic OH excluding ortho intramolecular Hbond substituents is 1. The van der Waals surface area contributed by atoms with Crippen LogP contribution in [0.15, 0.2) is 18.2 Å². The summed E-state index contributed by atoms with van der Waals surface area (Å²) in [4.78, 5) is 14.0. The van der Waals surface area contributed by atoms with Crippen LogP contribution in [0.1, 0.15) is 23.7 Å². The van der Waals surface area contributed by atoms with Crippen molar-refractivity contribution in [1.82, 2.24) is 4.90 Å². The molecule has 1 rings (SSSR count). The molecule has 0 bridgehead atoms. The van der Waals surface area contributed by atoms with Crippen LogP contribution in [0.5, 0.6) is 5.75 Å². The van der Waals surface area contributed by atoms with Gasteiger partial charge in [-0.05, 0) is 30.9 Å². The second kappa shape index (κ2) is 6.54. The smallest absolute Gasteiger partial charge is 0.256 e. The van der Waals surface area contributed by atoms with Crippen LogP contribution in [0.3, 0.4) is 0 Å². The third kappa shape index (κ3) is 3.32. The fourth-order valence-electron chi connectivity index (χ4n) is 1.78. The van der Waals surface area contributed by atoms with Crippen molar-refractivity contribution in [3.63, 3.8) is 0 Å². The van der Waals surface area contributed by atoms with Crippen molar-refractivity contribution >= 4 is 23.4 Å². The highest BCUT2D eigenvalue weighted by atomic mass is 32.2. The van der Waals surface area contributed by atoms with Crippen LogP contribution >= 0.6 is 11.8 Å². The first-order chi connectivity index (χ1) is 8.51. The summed E-state index contributed by atoms with van der Waals surface area (Å²) in [5.74, 6) is 0.792. The zero-order valence-electron chi connectivity index (χ0n) is 11.0. The maximum Gasteiger partial charge on any atom is 0.256 e. The summed E-state index contributed by atoms with van der Waals surface area (Å²) in [7, 11) is 1.77. The van der Waals surface area contributed by atoms with Crippen LogP contribution in [-0.4, -0.2) is 41.0 Å². The van der Waals surface area contributed by atoms with Gasteiger partial charge in [0.15, 0.2) is 0 Å². The fourth-order valence-corrected chi connectivity index (χ4v) is 2.63. The van der Waals surface area contributed by atoms with E-state index in [0.29, 0.717) is 11.3 Å². The third-order valence-electron chi connectivity index (χ3n) is 2.97. The maximum atomic E-state index is 12.3. The number of hydrogen-bond donors (Lipinski definition) is 2. The highest BCUT2D eigenvalue weighted by molar-refractivity contribution is 7.98. The number of benzene rings is 1. The lowest BCUT2D eigenvalue weighted by molar-refractivity contribution is 0.0744. The summed E-state index contributed by atoms with van der Waals surface area (Å²) < 4.78 is 0. The number of nitrogens with two attached hydrogens (primary N) is 1. The molecule has 1 aromatic carbocycles. The van der Waals surface area contributed by atoms with E-state index in [4.69, 9.17) is 5.73 Å². The molecule has 0 radical (unpaired) electrons. The number of phenols is 1. The maximum absolute atomic E-state index is 12.3. The zero-order valence-corrected chi connectivity index (χ0v) is 11.8. The number of thioether (sulfide) groups is 1. The van der Waals surface area contributed by atoms with Crippen molar-refractivity contribution in [3.05, 3.63) is 23.8 Å². The van der Waals surface area contributed by atoms with Crippen LogP contribution < -0.4 is 5.73 Å². The Morgan fingerprint density at radius 3 is 2.78 bits per heavy atom. The van der Waals surface area contributed by atoms with Gasteiger partial charge in [0, 0.05) is 24.5 Å². The van der Waals surface area contributed by atoms with Gasteiger partial charge in [0.2, 0.25) is 0 Å². The standard InChI is InChI=1S/C13H20N2O2S/c1-4-9(8-18-3)15(2)13(17)11-7-10(16)5-6-12(11)14/h5-7,9,16H,4,8,14H2,1-3H3. The van der Waals surface area contributed by atoms with Crippen molar-refractivity contribution in [2.45, 2.75) is 19.4 Å². The van der Waals surface area contributed by atoms with Gasteiger partial charge in [0.25, 0.3) is 5.91 Å². The lowest BCUT2D eigenvalue weighted by atomic mass is 10.1. The first-order valence-corrected chi connectivity index (χ1v) is 7.25. The van der Waals surface area contributed by atoms with E-state index in [1.54, 1.807) is 29.8 Å². The molecule has 0 fully saturated rings. The van der Waals surface area contributed by atoms with Crippen molar-refractivity contribution in [2.75, 3.05) is 24.8 Å². The summed E-state index contributed by atoms with van der Waals surface area (Å²) in [5, 5.41) is 9.44. The molecule has 18 heavy (non-hydrogen) atoms. The normalized spacial score (nSPS) is 12.2. The summed E-state index contributed by atoms with van der Waals surface area (Å²) in [6.45, 7) is 2.05. The van der Waals surface area contributed by atoms with Gasteiger partial charge in [-0.15, -0.1) is 0 Å². The van der Waals surface area contributed by atoms with Crippen LogP contribution in [0.4, 0.5) is 5.69 Å². The molecular weight excluding hydrogens is 248 g/mol. The Labute approximate surface area is 112 Å². The number of rotatable bonds is 5. The molecule has 3 N–H and O–H groups in total. The van der Waals surface area contributed by atoms with E-state index in [-0.39, 0.29) is 17.7 Å². The molecule has 100 valence electrons. The van der Waals surface area contributed by atoms with E-state index in [9.17, 15) is 9.90 Å². The molecule has 0 aliphatic carbocycles. The quantitative estimate of drug-likeness (QED) is 0.634. The van der Waals surface area contributed by atoms with E-state index >= 15 is 0 Å². The van der Waals surface area contributed by atoms with Crippen LogP contribution in [0.2, 0.25) is 0 Å². The summed E-state index contributed by atoms with van der Waals surface area (Å²) in [5.41, 5.74) is 6.53. The Bertz CT molecular complexity index is 423. The number of carbonyl (C=O) groups is 1. The van der Waals surface area contributed by atoms with E-state index in [1.807, 2.05) is 6.26 Å². The Morgan fingerprint density at radius 2 is 2.22 bits per heavy atom. The molecule has 0 aliphatic rings. The summed E-state index contributed by atoms with van der Waals surface area (Å²) in [6.07, 6.45) is 2.91. The number of amides is 1. The topological polar surface area (TPSA) is 66.6 Å². The predicted molar refractivity (Wildman–Crippen MR) is 77.1 cm³/mol. The Kier molecular flexibility index (Phi) is 5.34. The highest BCUT2D eigenvalue weighted by Gasteiger charge is 2.21. The van der Waals surface area contributed by atoms with Crippen LogP contribution in [0.25, 0.3) is 0 Å². The van der Waals surface area contributed by atoms with Crippen LogP contribution in [0, 0.1) is 0 Å². The van der Waals surface area contributed by atoms with Gasteiger partial charge in [-0.1, -0.05) is 6.92 Å². The molecule has 0 saturated carbocycles. The fraction of sp³-hybridized carbons (Fsp3) is 0.462. The molecule has 0 aromatic heterocycles. The van der Waals surface area contributed by atoms with Gasteiger partial charge >= 0.3 is 0 Å². The molecule has 4 nitrogen and oxygen atoms in total. The van der Waals surface area contributed by atoms with E-state index in [0.717, 1.165) is 12.2 Å². The second-order valence-corrected chi connectivity index (χ2v) is 5.12. The minimum Gasteiger partial charge on any atom is -0.508 e. The highest BCUT2D eigenvalue weighted by Crippen LogP contribution is 2.21. The van der Waals surface area contributed by atoms with Crippen molar-refractivity contribution < 1.29 is 9.90 Å². The number of carbonyl (C=O) groups excluding carboxylic acids is 1. The molecule has 1 atom stereocenters. The lowest BCUT2D eigenvalue weighted by Gasteiger charge is -2.27. The van der Waals surface area contributed by atoms with Gasteiger partial charge < -0.3 is 15.7 Å². The summed E-state index contributed by atoms with van der Waals surface area (Å²) in [6, 6.07) is 4.62. The van der Waals surface area contributed by atoms with Crippen molar-refractivity contribution in [2.24, 2.45) is 0 Å². The van der Waals surface area contributed by atoms with Gasteiger partial charge in [0.05, 0.1) is 5.56 Å². The van der Waals surface area contributed by atoms with E-state index in [1.165, 1.54) is 12.1 Å². The van der Waals surface area contributed by atoms with Gasteiger partial charge in [-0.25, -0.2) is 0 Å². The second-order valence-electron chi connectivity index (χ2n) is 4.21. The number of hydrogen-bond acceptors (Lipinski definition) is 4. The minimum absolute atomic E-state index is 0.0545. The minimum atomic E-state index is -0.149. The molecule has 0 spiro atoms. The van der Waals surface area contributed by atoms with Crippen LogP contribution in [-0.2, 0) is 0 Å². The number of nitrogens with zero attached hydrogens (tertiary/aromatic N) is 1. The van der Waals surface area contributed by atoms with Gasteiger partial charge in [-0.2, -0.15) is 11.8 Å². The molecule has 1 unspecified atom stereocenters. The molecule has 0 saturated heterocycles. The van der Waals surface area contributed by atoms with Gasteiger partial charge in [-0.3, -0.25) is 4.79 Å². The lowest BCUT2D eigenvalue weighted by Crippen LogP contribution is -2.38. The summed E-state index contributed by atoms with van der Waals surface area (Å²) >= 11 is 1.71. The molecule has 1 aromatic rings. The average molecular weight is 268 g/mol. The number of nitrogen functional groups attached to an aromatic ring is 1. The molecular formula is C13H20N2O2S. The Morgan fingerprint density at radius 1 is 1.56 bits per heavy atom. The Balaban J connectivity index is 2.95. The van der Waals surface area contributed by atoms with Gasteiger partial charge in [0.1, 0.15) is 5.75 Å². The zero-order chi connectivity index (χ0) is 13.7. The largest absolute Gasteiger partial charge is 0.508 e. The molecule has 1 amide bonds. The van der Waals surface area contributed by atoms with E-state index < -0.39 is 0 Å². The number of aromatic hydroxyl groups is 1. The first-order valence-electron chi connectivity index (χ1n) is 5.85. The number of anilines is 1. The molecule has 0 heterocycles. The van der Waals surface area contributed by atoms with Crippen molar-refractivity contribution in [1.29, 1.82) is 0 Å². The molecule has 5 heteroatoms. The molecule has 0 aliphatic heterocycles. The Hall–Kier alpha value is -1.36. The van der Waals surface area contributed by atoms with E-state index in [2.05, 4.69) is 6.92 Å². The monoisotopic (exact) mass is 268 g/mol.